The summed E-state index contributed by atoms with van der Waals surface area (Å²) in [7, 11) is 3.26. The normalized spacial score (nSPS) is 27.8. The van der Waals surface area contributed by atoms with Gasteiger partial charge < -0.3 is 14.2 Å². The summed E-state index contributed by atoms with van der Waals surface area (Å²) in [6.45, 7) is 7.07. The Morgan fingerprint density at radius 2 is 2.06 bits per heavy atom. The predicted octanol–water partition coefficient (Wildman–Crippen LogP) is 6.89. The van der Waals surface area contributed by atoms with Gasteiger partial charge in [0.15, 0.2) is 0 Å². The fraction of sp³-hybridized carbons (Fsp3) is 0.593. The number of fused-ring (bicyclic) bond motifs is 2. The van der Waals surface area contributed by atoms with Gasteiger partial charge >= 0.3 is 5.97 Å². The first-order chi connectivity index (χ1) is 15.2. The van der Waals surface area contributed by atoms with Gasteiger partial charge in [-0.15, -0.1) is 0 Å². The van der Waals surface area contributed by atoms with Crippen molar-refractivity contribution in [2.24, 2.45) is 22.7 Å². The van der Waals surface area contributed by atoms with Crippen LogP contribution in [0.25, 0.3) is 0 Å². The highest BCUT2D eigenvalue weighted by atomic mass is 79.9. The minimum absolute atomic E-state index is 0.0131. The summed E-state index contributed by atoms with van der Waals surface area (Å²) >= 11 is 3.69. The number of halogens is 1. The van der Waals surface area contributed by atoms with Crippen LogP contribution in [0.1, 0.15) is 70.1 Å². The third-order valence-corrected chi connectivity index (χ3v) is 8.15. The Morgan fingerprint density at radius 3 is 2.75 bits per heavy atom. The number of allylic oxidation sites excluding steroid dienone is 3. The van der Waals surface area contributed by atoms with E-state index in [0.717, 1.165) is 40.6 Å². The average Bonchev–Trinajstić information content (AvgIpc) is 3.48. The van der Waals surface area contributed by atoms with E-state index in [1.54, 1.807) is 7.11 Å². The van der Waals surface area contributed by atoms with E-state index < -0.39 is 0 Å². The molecule has 1 aromatic carbocycles. The quantitative estimate of drug-likeness (QED) is 0.397. The zero-order valence-electron chi connectivity index (χ0n) is 19.9. The highest BCUT2D eigenvalue weighted by molar-refractivity contribution is 9.10. The Morgan fingerprint density at radius 1 is 1.28 bits per heavy atom. The largest absolute Gasteiger partial charge is 0.489 e. The van der Waals surface area contributed by atoms with Gasteiger partial charge in [0.2, 0.25) is 0 Å². The summed E-state index contributed by atoms with van der Waals surface area (Å²) in [5.41, 5.74) is 3.68. The molecule has 1 unspecified atom stereocenters. The lowest BCUT2D eigenvalue weighted by molar-refractivity contribution is -0.143. The summed E-state index contributed by atoms with van der Waals surface area (Å²) in [5.74, 6) is 1.44. The fourth-order valence-corrected chi connectivity index (χ4v) is 6.25. The monoisotopic (exact) mass is 502 g/mol. The SMILES string of the molecule is COC(=O)[C@H]1C[C@@]12CCCC1CC=C(OCc3ccc(Br)c([C@@H](OC)C(C)(C)C)c3)C=C12. The molecule has 0 saturated heterocycles. The highest BCUT2D eigenvalue weighted by Crippen LogP contribution is 2.66. The lowest BCUT2D eigenvalue weighted by Gasteiger charge is -2.35. The van der Waals surface area contributed by atoms with Crippen LogP contribution in [-0.2, 0) is 25.6 Å². The first-order valence-electron chi connectivity index (χ1n) is 11.6. The molecule has 4 atom stereocenters. The zero-order valence-corrected chi connectivity index (χ0v) is 21.5. The van der Waals surface area contributed by atoms with E-state index in [0.29, 0.717) is 12.5 Å². The molecule has 1 spiro atoms. The molecule has 0 aromatic heterocycles. The summed E-state index contributed by atoms with van der Waals surface area (Å²) < 4.78 is 18.2. The van der Waals surface area contributed by atoms with Gasteiger partial charge in [-0.3, -0.25) is 4.79 Å². The van der Waals surface area contributed by atoms with Crippen LogP contribution < -0.4 is 0 Å². The van der Waals surface area contributed by atoms with Crippen LogP contribution in [0.15, 0.2) is 46.2 Å². The second-order valence-electron chi connectivity index (χ2n) is 10.6. The minimum Gasteiger partial charge on any atom is -0.489 e. The number of rotatable bonds is 6. The van der Waals surface area contributed by atoms with E-state index in [2.05, 4.69) is 67.1 Å². The summed E-state index contributed by atoms with van der Waals surface area (Å²) in [6.07, 6.45) is 9.83. The van der Waals surface area contributed by atoms with Gasteiger partial charge in [-0.2, -0.15) is 0 Å². The van der Waals surface area contributed by atoms with E-state index in [1.165, 1.54) is 25.5 Å². The van der Waals surface area contributed by atoms with E-state index in [1.807, 2.05) is 0 Å². The molecule has 0 amide bonds. The molecule has 0 aliphatic heterocycles. The molecular weight excluding hydrogens is 468 g/mol. The number of ether oxygens (including phenoxy) is 3. The maximum atomic E-state index is 12.2. The Bertz CT molecular complexity index is 941. The molecule has 1 aromatic rings. The summed E-state index contributed by atoms with van der Waals surface area (Å²) in [4.78, 5) is 12.2. The molecule has 2 saturated carbocycles. The van der Waals surface area contributed by atoms with Crippen LogP contribution >= 0.6 is 15.9 Å². The number of hydrogen-bond acceptors (Lipinski definition) is 4. The number of hydrogen-bond donors (Lipinski definition) is 0. The predicted molar refractivity (Wildman–Crippen MR) is 129 cm³/mol. The summed E-state index contributed by atoms with van der Waals surface area (Å²) in [6, 6.07) is 6.36. The van der Waals surface area contributed by atoms with Crippen LogP contribution in [-0.4, -0.2) is 20.2 Å². The van der Waals surface area contributed by atoms with Crippen molar-refractivity contribution in [2.45, 2.75) is 65.6 Å². The fourth-order valence-electron chi connectivity index (χ4n) is 5.80. The van der Waals surface area contributed by atoms with Gasteiger partial charge in [0, 0.05) is 17.0 Å². The molecular formula is C27H35BrO4. The van der Waals surface area contributed by atoms with Gasteiger partial charge in [0.25, 0.3) is 0 Å². The second kappa shape index (κ2) is 8.98. The van der Waals surface area contributed by atoms with Gasteiger partial charge in [-0.05, 0) is 72.4 Å². The molecule has 0 N–H and O–H groups in total. The van der Waals surface area contributed by atoms with Crippen molar-refractivity contribution in [3.05, 3.63) is 57.3 Å². The van der Waals surface area contributed by atoms with Crippen molar-refractivity contribution in [3.63, 3.8) is 0 Å². The highest BCUT2D eigenvalue weighted by Gasteiger charge is 2.62. The molecule has 3 aliphatic carbocycles. The van der Waals surface area contributed by atoms with Crippen molar-refractivity contribution in [2.75, 3.05) is 14.2 Å². The number of carbonyl (C=O) groups is 1. The van der Waals surface area contributed by atoms with Gasteiger partial charge in [0.1, 0.15) is 12.4 Å². The Balaban J connectivity index is 1.49. The van der Waals surface area contributed by atoms with Crippen molar-refractivity contribution in [1.29, 1.82) is 0 Å². The lowest BCUT2D eigenvalue weighted by Crippen LogP contribution is -2.26. The topological polar surface area (TPSA) is 44.8 Å². The first kappa shape index (κ1) is 23.6. The molecule has 32 heavy (non-hydrogen) atoms. The Labute approximate surface area is 200 Å². The average molecular weight is 503 g/mol. The minimum atomic E-state index is -0.0579. The summed E-state index contributed by atoms with van der Waals surface area (Å²) in [5, 5.41) is 0. The maximum Gasteiger partial charge on any atom is 0.309 e. The van der Waals surface area contributed by atoms with Crippen LogP contribution in [0.3, 0.4) is 0 Å². The van der Waals surface area contributed by atoms with Crippen LogP contribution in [0, 0.1) is 22.7 Å². The first-order valence-corrected chi connectivity index (χ1v) is 12.4. The van der Waals surface area contributed by atoms with Crippen molar-refractivity contribution in [1.82, 2.24) is 0 Å². The molecule has 5 heteroatoms. The standard InChI is InChI=1S/C27H35BrO4/c1-26(2,3)24(30-4)20-13-17(8-11-23(20)28)16-32-19-10-9-18-7-6-12-27(21(18)14-19)15-22(27)25(29)31-5/h8,10-11,13-14,18,22,24H,6-7,9,12,15-16H2,1-5H3/t18?,22-,24-,27-/m1/s1. The van der Waals surface area contributed by atoms with Gasteiger partial charge in [0.05, 0.1) is 19.1 Å². The van der Waals surface area contributed by atoms with Crippen molar-refractivity contribution < 1.29 is 19.0 Å². The van der Waals surface area contributed by atoms with Crippen LogP contribution in [0.5, 0.6) is 0 Å². The van der Waals surface area contributed by atoms with E-state index >= 15 is 0 Å². The van der Waals surface area contributed by atoms with Gasteiger partial charge in [-0.25, -0.2) is 0 Å². The molecule has 174 valence electrons. The molecule has 4 rings (SSSR count). The van der Waals surface area contributed by atoms with Gasteiger partial charge in [-0.1, -0.05) is 54.8 Å². The lowest BCUT2D eigenvalue weighted by atomic mass is 9.70. The van der Waals surface area contributed by atoms with Crippen molar-refractivity contribution >= 4 is 21.9 Å². The molecule has 2 fully saturated rings. The smallest absolute Gasteiger partial charge is 0.309 e. The molecule has 3 aliphatic rings. The molecule has 0 radical (unpaired) electrons. The van der Waals surface area contributed by atoms with Crippen molar-refractivity contribution in [3.8, 4) is 0 Å². The third kappa shape index (κ3) is 4.43. The Kier molecular flexibility index (Phi) is 6.61. The maximum absolute atomic E-state index is 12.2. The number of benzene rings is 1. The molecule has 4 nitrogen and oxygen atoms in total. The van der Waals surface area contributed by atoms with Crippen LogP contribution in [0.2, 0.25) is 0 Å². The number of methoxy groups -OCH3 is 2. The van der Waals surface area contributed by atoms with E-state index in [-0.39, 0.29) is 28.8 Å². The van der Waals surface area contributed by atoms with E-state index in [4.69, 9.17) is 14.2 Å². The third-order valence-electron chi connectivity index (χ3n) is 7.42. The Hall–Kier alpha value is -1.59. The van der Waals surface area contributed by atoms with E-state index in [9.17, 15) is 4.79 Å². The molecule has 0 bridgehead atoms. The second-order valence-corrected chi connectivity index (χ2v) is 11.4. The number of esters is 1. The molecule has 0 heterocycles. The number of carbonyl (C=O) groups excluding carboxylic acids is 1. The zero-order chi connectivity index (χ0) is 23.1. The van der Waals surface area contributed by atoms with Crippen LogP contribution in [0.4, 0.5) is 0 Å².